The smallest absolute Gasteiger partial charge is 0.169 e. The van der Waals surface area contributed by atoms with Gasteiger partial charge in [0.1, 0.15) is 12.8 Å². The van der Waals surface area contributed by atoms with Crippen molar-refractivity contribution in [1.29, 1.82) is 0 Å². The van der Waals surface area contributed by atoms with Gasteiger partial charge in [-0.2, -0.15) is 5.10 Å². The minimum Gasteiger partial charge on any atom is -1.00 e. The summed E-state index contributed by atoms with van der Waals surface area (Å²) in [5, 5.41) is 4.26. The van der Waals surface area contributed by atoms with Crippen LogP contribution in [0.2, 0.25) is 0 Å². The molecule has 0 aliphatic carbocycles. The number of nitrogens with zero attached hydrogens (tertiary/aromatic N) is 3. The zero-order valence-corrected chi connectivity index (χ0v) is 15.9. The number of halogens is 1. The summed E-state index contributed by atoms with van der Waals surface area (Å²) in [6.45, 7) is 0.693. The van der Waals surface area contributed by atoms with Crippen LogP contribution in [-0.2, 0) is 13.6 Å². The second-order valence-corrected chi connectivity index (χ2v) is 5.41. The van der Waals surface area contributed by atoms with E-state index in [2.05, 4.69) is 41.5 Å². The zero-order valence-electron chi connectivity index (χ0n) is 13.8. The number of pyridine rings is 1. The molecule has 0 spiro atoms. The molecule has 0 unspecified atom stereocenters. The number of hydrogen-bond donors (Lipinski definition) is 0. The Morgan fingerprint density at radius 2 is 1.88 bits per heavy atom. The predicted octanol–water partition coefficient (Wildman–Crippen LogP) is -0.0611. The molecule has 3 aromatic rings. The average Bonchev–Trinajstić information content (AvgIpc) is 3.07. The molecule has 0 bridgehead atoms. The third-order valence-corrected chi connectivity index (χ3v) is 3.67. The van der Waals surface area contributed by atoms with Gasteiger partial charge in [0.2, 0.25) is 0 Å². The third kappa shape index (κ3) is 4.67. The Morgan fingerprint density at radius 1 is 1.12 bits per heavy atom. The van der Waals surface area contributed by atoms with Gasteiger partial charge in [-0.25, -0.2) is 4.57 Å². The molecule has 1 aromatic carbocycles. The van der Waals surface area contributed by atoms with E-state index in [9.17, 15) is 0 Å². The summed E-state index contributed by atoms with van der Waals surface area (Å²) >= 11 is 0. The van der Waals surface area contributed by atoms with Gasteiger partial charge in [-0.1, -0.05) is 18.2 Å². The van der Waals surface area contributed by atoms with Crippen molar-refractivity contribution in [1.82, 2.24) is 9.78 Å². The van der Waals surface area contributed by atoms with Crippen molar-refractivity contribution >= 4 is 12.2 Å². The summed E-state index contributed by atoms with van der Waals surface area (Å²) in [5.41, 5.74) is 3.42. The summed E-state index contributed by atoms with van der Waals surface area (Å²) in [6.07, 6.45) is 12.0. The fourth-order valence-corrected chi connectivity index (χ4v) is 2.41. The standard InChI is InChI=1S/C19H20N3O.HI/c1-21-12-8-16(9-13-21)4-5-17-6-7-19(23-2)18(14-17)15-22-11-3-10-20-22;/h3-14H,15H2,1-2H3;1H/q+1;/p-1/b5-4+;. The van der Waals surface area contributed by atoms with Gasteiger partial charge < -0.3 is 28.7 Å². The zero-order chi connectivity index (χ0) is 16.1. The minimum absolute atomic E-state index is 0. The van der Waals surface area contributed by atoms with E-state index in [1.165, 1.54) is 5.56 Å². The Balaban J connectivity index is 0.00000208. The summed E-state index contributed by atoms with van der Waals surface area (Å²) in [6, 6.07) is 12.3. The fourth-order valence-electron chi connectivity index (χ4n) is 2.41. The van der Waals surface area contributed by atoms with Gasteiger partial charge in [0.05, 0.1) is 13.7 Å². The van der Waals surface area contributed by atoms with Gasteiger partial charge in [-0.3, -0.25) is 4.68 Å². The van der Waals surface area contributed by atoms with Crippen LogP contribution in [0, 0.1) is 0 Å². The Morgan fingerprint density at radius 3 is 2.54 bits per heavy atom. The molecule has 2 heterocycles. The second kappa shape index (κ2) is 8.63. The molecule has 0 aliphatic heterocycles. The molecular formula is C19H20IN3O. The van der Waals surface area contributed by atoms with Crippen molar-refractivity contribution in [2.75, 3.05) is 7.11 Å². The molecule has 2 aromatic heterocycles. The van der Waals surface area contributed by atoms with E-state index >= 15 is 0 Å². The number of benzene rings is 1. The number of ether oxygens (including phenoxy) is 1. The molecule has 0 saturated heterocycles. The van der Waals surface area contributed by atoms with Crippen molar-refractivity contribution in [3.8, 4) is 5.75 Å². The SMILES string of the molecule is COc1ccc(/C=C/c2cc[n+](C)cc2)cc1Cn1cccn1.[I-]. The van der Waals surface area contributed by atoms with E-state index < -0.39 is 0 Å². The highest BCUT2D eigenvalue weighted by molar-refractivity contribution is 5.70. The summed E-state index contributed by atoms with van der Waals surface area (Å²) in [7, 11) is 3.71. The molecule has 5 heteroatoms. The molecular weight excluding hydrogens is 413 g/mol. The maximum Gasteiger partial charge on any atom is 0.169 e. The summed E-state index contributed by atoms with van der Waals surface area (Å²) in [4.78, 5) is 0. The fraction of sp³-hybridized carbons (Fsp3) is 0.158. The number of methoxy groups -OCH3 is 1. The molecule has 0 N–H and O–H groups in total. The first kappa shape index (κ1) is 18.2. The lowest BCUT2D eigenvalue weighted by Crippen LogP contribution is -3.00. The highest BCUT2D eigenvalue weighted by atomic mass is 127. The maximum atomic E-state index is 5.46. The number of rotatable bonds is 5. The van der Waals surface area contributed by atoms with Gasteiger partial charge in [-0.15, -0.1) is 0 Å². The van der Waals surface area contributed by atoms with Crippen LogP contribution in [0.4, 0.5) is 0 Å². The van der Waals surface area contributed by atoms with E-state index in [0.717, 1.165) is 16.9 Å². The Kier molecular flexibility index (Phi) is 6.54. The van der Waals surface area contributed by atoms with Crippen molar-refractivity contribution in [2.45, 2.75) is 6.54 Å². The van der Waals surface area contributed by atoms with Crippen LogP contribution >= 0.6 is 0 Å². The molecule has 0 fully saturated rings. The van der Waals surface area contributed by atoms with Crippen LogP contribution in [0.1, 0.15) is 16.7 Å². The molecule has 4 nitrogen and oxygen atoms in total. The van der Waals surface area contributed by atoms with Gasteiger partial charge >= 0.3 is 0 Å². The van der Waals surface area contributed by atoms with Crippen LogP contribution in [0.3, 0.4) is 0 Å². The lowest BCUT2D eigenvalue weighted by atomic mass is 10.1. The molecule has 0 radical (unpaired) electrons. The molecule has 0 saturated carbocycles. The van der Waals surface area contributed by atoms with Crippen LogP contribution in [0.15, 0.2) is 61.2 Å². The van der Waals surface area contributed by atoms with Crippen molar-refractivity contribution < 1.29 is 33.3 Å². The van der Waals surface area contributed by atoms with Crippen molar-refractivity contribution in [2.24, 2.45) is 7.05 Å². The molecule has 24 heavy (non-hydrogen) atoms. The van der Waals surface area contributed by atoms with E-state index in [4.69, 9.17) is 4.74 Å². The Bertz CT molecular complexity index is 796. The molecule has 0 aliphatic rings. The molecule has 3 rings (SSSR count). The van der Waals surface area contributed by atoms with Crippen LogP contribution in [0.5, 0.6) is 5.75 Å². The predicted molar refractivity (Wildman–Crippen MR) is 90.9 cm³/mol. The van der Waals surface area contributed by atoms with E-state index in [0.29, 0.717) is 6.54 Å². The van der Waals surface area contributed by atoms with Crippen LogP contribution < -0.4 is 33.3 Å². The number of aryl methyl sites for hydroxylation is 1. The average molecular weight is 433 g/mol. The molecule has 0 amide bonds. The lowest BCUT2D eigenvalue weighted by Gasteiger charge is -2.09. The van der Waals surface area contributed by atoms with Gasteiger partial charge in [0.25, 0.3) is 0 Å². The minimum atomic E-state index is 0. The lowest BCUT2D eigenvalue weighted by molar-refractivity contribution is -0.671. The van der Waals surface area contributed by atoms with Crippen LogP contribution in [0.25, 0.3) is 12.2 Å². The third-order valence-electron chi connectivity index (χ3n) is 3.67. The Labute approximate surface area is 159 Å². The van der Waals surface area contributed by atoms with Crippen molar-refractivity contribution in [3.05, 3.63) is 77.9 Å². The quantitative estimate of drug-likeness (QED) is 0.417. The van der Waals surface area contributed by atoms with E-state index in [1.807, 2.05) is 47.0 Å². The first-order valence-corrected chi connectivity index (χ1v) is 7.52. The van der Waals surface area contributed by atoms with Gasteiger partial charge in [0.15, 0.2) is 12.4 Å². The topological polar surface area (TPSA) is 30.9 Å². The monoisotopic (exact) mass is 433 g/mol. The Hall–Kier alpha value is -2.15. The van der Waals surface area contributed by atoms with Gasteiger partial charge in [-0.05, 0) is 29.3 Å². The molecule has 0 atom stereocenters. The van der Waals surface area contributed by atoms with Gasteiger partial charge in [0, 0.05) is 30.1 Å². The normalized spacial score (nSPS) is 10.6. The highest BCUT2D eigenvalue weighted by Gasteiger charge is 2.05. The summed E-state index contributed by atoms with van der Waals surface area (Å²) in [5.74, 6) is 0.879. The van der Waals surface area contributed by atoms with Crippen molar-refractivity contribution in [3.63, 3.8) is 0 Å². The first-order valence-electron chi connectivity index (χ1n) is 7.52. The first-order chi connectivity index (χ1) is 11.2. The van der Waals surface area contributed by atoms with E-state index in [1.54, 1.807) is 13.3 Å². The number of aromatic nitrogens is 3. The van der Waals surface area contributed by atoms with Crippen LogP contribution in [-0.4, -0.2) is 16.9 Å². The summed E-state index contributed by atoms with van der Waals surface area (Å²) < 4.78 is 9.37. The molecule has 124 valence electrons. The maximum absolute atomic E-state index is 5.46. The second-order valence-electron chi connectivity index (χ2n) is 5.41. The largest absolute Gasteiger partial charge is 1.00 e. The van der Waals surface area contributed by atoms with E-state index in [-0.39, 0.29) is 24.0 Å². The number of hydrogen-bond acceptors (Lipinski definition) is 2. The highest BCUT2D eigenvalue weighted by Crippen LogP contribution is 2.22.